The number of halogens is 1. The Hall–Kier alpha value is -2.13. The standard InChI is InChI=1S/C21H26ClN3O4S/c1-15(16-4-7-18(8-5-16)25-10-12-29-13-11-25)23-21(26)17-6-9-19(22)20(14-17)30(27,28)24(2)3/h4-9,14-15H,10-13H2,1-3H3,(H,23,26). The summed E-state index contributed by atoms with van der Waals surface area (Å²) >= 11 is 6.06. The minimum absolute atomic E-state index is 0.0759. The lowest BCUT2D eigenvalue weighted by Gasteiger charge is -2.29. The highest BCUT2D eigenvalue weighted by Crippen LogP contribution is 2.25. The van der Waals surface area contributed by atoms with Crippen LogP contribution in [-0.4, -0.2) is 59.0 Å². The van der Waals surface area contributed by atoms with Crippen LogP contribution >= 0.6 is 11.6 Å². The number of sulfonamides is 1. The Morgan fingerprint density at radius 1 is 1.13 bits per heavy atom. The third-order valence-electron chi connectivity index (χ3n) is 5.07. The number of rotatable bonds is 6. The number of morpholine rings is 1. The van der Waals surface area contributed by atoms with Crippen LogP contribution in [0.2, 0.25) is 5.02 Å². The molecule has 0 radical (unpaired) electrons. The van der Waals surface area contributed by atoms with E-state index in [4.69, 9.17) is 16.3 Å². The maximum atomic E-state index is 12.7. The number of carbonyl (C=O) groups excluding carboxylic acids is 1. The number of amides is 1. The second kappa shape index (κ2) is 9.34. The Balaban J connectivity index is 1.72. The number of benzene rings is 2. The van der Waals surface area contributed by atoms with Crippen molar-refractivity contribution in [1.82, 2.24) is 9.62 Å². The van der Waals surface area contributed by atoms with Crippen LogP contribution in [0.3, 0.4) is 0 Å². The molecule has 2 aromatic carbocycles. The Bertz CT molecular complexity index is 1000. The number of nitrogens with zero attached hydrogens (tertiary/aromatic N) is 2. The van der Waals surface area contributed by atoms with Gasteiger partial charge < -0.3 is 15.0 Å². The smallest absolute Gasteiger partial charge is 0.251 e. The van der Waals surface area contributed by atoms with Gasteiger partial charge in [-0.2, -0.15) is 0 Å². The second-order valence-corrected chi connectivity index (χ2v) is 9.85. The summed E-state index contributed by atoms with van der Waals surface area (Å²) in [7, 11) is -0.917. The third kappa shape index (κ3) is 4.95. The zero-order chi connectivity index (χ0) is 21.9. The van der Waals surface area contributed by atoms with E-state index in [-0.39, 0.29) is 27.4 Å². The molecule has 2 aromatic rings. The van der Waals surface area contributed by atoms with Crippen LogP contribution in [0.4, 0.5) is 5.69 Å². The summed E-state index contributed by atoms with van der Waals surface area (Å²) in [5.41, 5.74) is 2.31. The van der Waals surface area contributed by atoms with E-state index in [1.54, 1.807) is 0 Å². The highest BCUT2D eigenvalue weighted by Gasteiger charge is 2.23. The molecule has 0 bridgehead atoms. The summed E-state index contributed by atoms with van der Waals surface area (Å²) in [4.78, 5) is 14.9. The van der Waals surface area contributed by atoms with Gasteiger partial charge in [0, 0.05) is 38.4 Å². The predicted octanol–water partition coefficient (Wildman–Crippen LogP) is 2.92. The molecule has 1 unspecified atom stereocenters. The first-order valence-electron chi connectivity index (χ1n) is 9.66. The van der Waals surface area contributed by atoms with Crippen molar-refractivity contribution in [2.75, 3.05) is 45.3 Å². The van der Waals surface area contributed by atoms with E-state index in [1.807, 2.05) is 31.2 Å². The van der Waals surface area contributed by atoms with Crippen molar-refractivity contribution in [3.8, 4) is 0 Å². The van der Waals surface area contributed by atoms with Crippen molar-refractivity contribution in [3.63, 3.8) is 0 Å². The van der Waals surface area contributed by atoms with Gasteiger partial charge in [0.15, 0.2) is 0 Å². The molecule has 9 heteroatoms. The quantitative estimate of drug-likeness (QED) is 0.730. The van der Waals surface area contributed by atoms with Crippen LogP contribution in [-0.2, 0) is 14.8 Å². The maximum absolute atomic E-state index is 12.7. The second-order valence-electron chi connectivity index (χ2n) is 7.32. The highest BCUT2D eigenvalue weighted by molar-refractivity contribution is 7.89. The molecule has 0 saturated carbocycles. The summed E-state index contributed by atoms with van der Waals surface area (Å²) in [6, 6.07) is 12.0. The van der Waals surface area contributed by atoms with Gasteiger partial charge in [-0.15, -0.1) is 0 Å². The van der Waals surface area contributed by atoms with Crippen LogP contribution in [0.25, 0.3) is 0 Å². The fourth-order valence-corrected chi connectivity index (χ4v) is 4.59. The molecule has 1 aliphatic rings. The molecule has 1 heterocycles. The van der Waals surface area contributed by atoms with Gasteiger partial charge in [0.05, 0.1) is 24.3 Å². The number of hydrogen-bond acceptors (Lipinski definition) is 5. The average Bonchev–Trinajstić information content (AvgIpc) is 2.74. The molecule has 1 saturated heterocycles. The van der Waals surface area contributed by atoms with Crippen LogP contribution in [0.1, 0.15) is 28.9 Å². The van der Waals surface area contributed by atoms with Crippen molar-refractivity contribution in [2.45, 2.75) is 17.9 Å². The fraction of sp³-hybridized carbons (Fsp3) is 0.381. The predicted molar refractivity (Wildman–Crippen MR) is 118 cm³/mol. The summed E-state index contributed by atoms with van der Waals surface area (Å²) in [6.07, 6.45) is 0. The summed E-state index contributed by atoms with van der Waals surface area (Å²) in [5.74, 6) is -0.369. The summed E-state index contributed by atoms with van der Waals surface area (Å²) in [6.45, 7) is 5.05. The highest BCUT2D eigenvalue weighted by atomic mass is 35.5. The van der Waals surface area contributed by atoms with Crippen molar-refractivity contribution >= 4 is 33.2 Å². The van der Waals surface area contributed by atoms with E-state index < -0.39 is 10.0 Å². The molecular weight excluding hydrogens is 426 g/mol. The van der Waals surface area contributed by atoms with Crippen LogP contribution in [0.5, 0.6) is 0 Å². The Kier molecular flexibility index (Phi) is 7.02. The SMILES string of the molecule is CC(NC(=O)c1ccc(Cl)c(S(=O)(=O)N(C)C)c1)c1ccc(N2CCOCC2)cc1. The third-order valence-corrected chi connectivity index (χ3v) is 7.37. The molecule has 1 aliphatic heterocycles. The largest absolute Gasteiger partial charge is 0.378 e. The van der Waals surface area contributed by atoms with Gasteiger partial charge in [-0.1, -0.05) is 23.7 Å². The molecule has 3 rings (SSSR count). The van der Waals surface area contributed by atoms with Gasteiger partial charge in [-0.3, -0.25) is 4.79 Å². The van der Waals surface area contributed by atoms with Gasteiger partial charge >= 0.3 is 0 Å². The summed E-state index contributed by atoms with van der Waals surface area (Å²) < 4.78 is 31.3. The molecule has 162 valence electrons. The first kappa shape index (κ1) is 22.6. The monoisotopic (exact) mass is 451 g/mol. The van der Waals surface area contributed by atoms with E-state index in [9.17, 15) is 13.2 Å². The molecule has 0 spiro atoms. The molecule has 0 aromatic heterocycles. The van der Waals surface area contributed by atoms with Gasteiger partial charge in [0.2, 0.25) is 10.0 Å². The fourth-order valence-electron chi connectivity index (χ4n) is 3.20. The number of anilines is 1. The lowest BCUT2D eigenvalue weighted by atomic mass is 10.1. The molecule has 1 atom stereocenters. The molecule has 7 nitrogen and oxygen atoms in total. The van der Waals surface area contributed by atoms with Crippen molar-refractivity contribution in [1.29, 1.82) is 0 Å². The number of ether oxygens (including phenoxy) is 1. The molecule has 1 N–H and O–H groups in total. The topological polar surface area (TPSA) is 79.0 Å². The summed E-state index contributed by atoms with van der Waals surface area (Å²) in [5, 5.41) is 2.99. The van der Waals surface area contributed by atoms with E-state index >= 15 is 0 Å². The average molecular weight is 452 g/mol. The molecule has 1 fully saturated rings. The minimum atomic E-state index is -3.75. The van der Waals surface area contributed by atoms with E-state index in [2.05, 4.69) is 10.2 Å². The van der Waals surface area contributed by atoms with Gasteiger partial charge in [-0.05, 0) is 42.8 Å². The van der Waals surface area contributed by atoms with Crippen LogP contribution in [0.15, 0.2) is 47.4 Å². The zero-order valence-electron chi connectivity index (χ0n) is 17.3. The Labute approximate surface area is 182 Å². The number of hydrogen-bond donors (Lipinski definition) is 1. The normalized spacial score (nSPS) is 15.8. The van der Waals surface area contributed by atoms with E-state index in [0.29, 0.717) is 0 Å². The van der Waals surface area contributed by atoms with Crippen LogP contribution < -0.4 is 10.2 Å². The molecule has 1 amide bonds. The Morgan fingerprint density at radius 3 is 2.37 bits per heavy atom. The lowest BCUT2D eigenvalue weighted by molar-refractivity contribution is 0.0939. The first-order chi connectivity index (χ1) is 14.2. The Morgan fingerprint density at radius 2 is 1.77 bits per heavy atom. The zero-order valence-corrected chi connectivity index (χ0v) is 18.8. The lowest BCUT2D eigenvalue weighted by Crippen LogP contribution is -2.36. The van der Waals surface area contributed by atoms with Crippen molar-refractivity contribution < 1.29 is 17.9 Å². The number of carbonyl (C=O) groups is 1. The van der Waals surface area contributed by atoms with Gasteiger partial charge in [-0.25, -0.2) is 12.7 Å². The van der Waals surface area contributed by atoms with Crippen molar-refractivity contribution in [3.05, 3.63) is 58.6 Å². The first-order valence-corrected chi connectivity index (χ1v) is 11.5. The van der Waals surface area contributed by atoms with Gasteiger partial charge in [0.25, 0.3) is 5.91 Å². The maximum Gasteiger partial charge on any atom is 0.251 e. The van der Waals surface area contributed by atoms with Gasteiger partial charge in [0.1, 0.15) is 4.90 Å². The van der Waals surface area contributed by atoms with Crippen molar-refractivity contribution in [2.24, 2.45) is 0 Å². The molecular formula is C21H26ClN3O4S. The molecule has 0 aliphatic carbocycles. The van der Waals surface area contributed by atoms with E-state index in [0.717, 1.165) is 41.9 Å². The minimum Gasteiger partial charge on any atom is -0.378 e. The number of nitrogens with one attached hydrogen (secondary N) is 1. The molecule has 30 heavy (non-hydrogen) atoms. The van der Waals surface area contributed by atoms with Crippen LogP contribution in [0, 0.1) is 0 Å². The van der Waals surface area contributed by atoms with E-state index in [1.165, 1.54) is 32.3 Å².